The first-order chi connectivity index (χ1) is 9.42. The second-order valence-electron chi connectivity index (χ2n) is 5.02. The average Bonchev–Trinajstić information content (AvgIpc) is 2.38. The van der Waals surface area contributed by atoms with Crippen molar-refractivity contribution in [2.24, 2.45) is 5.73 Å². The first-order valence-corrected chi connectivity index (χ1v) is 8.32. The van der Waals surface area contributed by atoms with Crippen LogP contribution in [0.5, 0.6) is 0 Å². The van der Waals surface area contributed by atoms with Gasteiger partial charge >= 0.3 is 0 Å². The summed E-state index contributed by atoms with van der Waals surface area (Å²) in [6, 6.07) is 4.56. The van der Waals surface area contributed by atoms with Gasteiger partial charge in [0.15, 0.2) is 0 Å². The van der Waals surface area contributed by atoms with E-state index in [0.29, 0.717) is 5.02 Å². The first-order valence-electron chi connectivity index (χ1n) is 6.46. The van der Waals surface area contributed by atoms with Gasteiger partial charge in [-0.3, -0.25) is 0 Å². The Morgan fingerprint density at radius 2 is 2.15 bits per heavy atom. The lowest BCUT2D eigenvalue weighted by Gasteiger charge is -2.40. The third kappa shape index (κ3) is 3.15. The van der Waals surface area contributed by atoms with E-state index in [4.69, 9.17) is 22.1 Å². The molecule has 0 heterocycles. The predicted octanol–water partition coefficient (Wildman–Crippen LogP) is 1.65. The Bertz CT molecular complexity index is 580. The van der Waals surface area contributed by atoms with Crippen LogP contribution in [0, 0.1) is 0 Å². The normalized spacial score (nSPS) is 17.8. The van der Waals surface area contributed by atoms with Crippen molar-refractivity contribution in [3.8, 4) is 0 Å². The fourth-order valence-corrected chi connectivity index (χ4v) is 3.66. The number of halogens is 1. The molecular formula is C13H19ClN2O3S. The number of hydrogen-bond acceptors (Lipinski definition) is 4. The Morgan fingerprint density at radius 3 is 2.60 bits per heavy atom. The van der Waals surface area contributed by atoms with Crippen LogP contribution in [0.25, 0.3) is 0 Å². The number of hydrogen-bond donors (Lipinski definition) is 2. The Morgan fingerprint density at radius 1 is 1.45 bits per heavy atom. The van der Waals surface area contributed by atoms with E-state index < -0.39 is 10.0 Å². The highest BCUT2D eigenvalue weighted by Gasteiger charge is 2.38. The van der Waals surface area contributed by atoms with Gasteiger partial charge in [0, 0.05) is 25.2 Å². The van der Waals surface area contributed by atoms with Crippen molar-refractivity contribution >= 4 is 21.6 Å². The molecule has 3 N–H and O–H groups in total. The van der Waals surface area contributed by atoms with Crippen LogP contribution in [0.3, 0.4) is 0 Å². The number of ether oxygens (including phenoxy) is 1. The third-order valence-corrected chi connectivity index (χ3v) is 5.59. The summed E-state index contributed by atoms with van der Waals surface area (Å²) >= 11 is 5.99. The zero-order chi connectivity index (χ0) is 14.8. The maximum atomic E-state index is 12.2. The summed E-state index contributed by atoms with van der Waals surface area (Å²) in [5.41, 5.74) is 5.87. The van der Waals surface area contributed by atoms with E-state index in [1.807, 2.05) is 0 Å². The molecule has 0 unspecified atom stereocenters. The molecule has 0 aromatic heterocycles. The van der Waals surface area contributed by atoms with Gasteiger partial charge in [0.2, 0.25) is 10.0 Å². The first kappa shape index (κ1) is 15.7. The van der Waals surface area contributed by atoms with Gasteiger partial charge in [-0.2, -0.15) is 0 Å². The van der Waals surface area contributed by atoms with Crippen LogP contribution in [-0.4, -0.2) is 27.7 Å². The molecule has 20 heavy (non-hydrogen) atoms. The van der Waals surface area contributed by atoms with E-state index >= 15 is 0 Å². The molecule has 1 aliphatic carbocycles. The fraction of sp³-hybridized carbons (Fsp3) is 0.538. The molecule has 0 aliphatic heterocycles. The van der Waals surface area contributed by atoms with Gasteiger partial charge in [-0.1, -0.05) is 17.7 Å². The van der Waals surface area contributed by atoms with E-state index in [2.05, 4.69) is 4.72 Å². The van der Waals surface area contributed by atoms with Crippen LogP contribution in [0.1, 0.15) is 24.8 Å². The summed E-state index contributed by atoms with van der Waals surface area (Å²) in [7, 11) is -1.97. The monoisotopic (exact) mass is 318 g/mol. The van der Waals surface area contributed by atoms with E-state index in [-0.39, 0.29) is 23.6 Å². The molecule has 2 rings (SSSR count). The molecule has 0 spiro atoms. The van der Waals surface area contributed by atoms with Crippen molar-refractivity contribution in [2.45, 2.75) is 36.3 Å². The molecule has 1 aromatic rings. The van der Waals surface area contributed by atoms with Crippen molar-refractivity contribution in [3.05, 3.63) is 28.8 Å². The zero-order valence-electron chi connectivity index (χ0n) is 11.4. The Kier molecular flexibility index (Phi) is 4.71. The maximum Gasteiger partial charge on any atom is 0.240 e. The van der Waals surface area contributed by atoms with Crippen molar-refractivity contribution in [3.63, 3.8) is 0 Å². The van der Waals surface area contributed by atoms with Crippen LogP contribution in [0.15, 0.2) is 23.1 Å². The fourth-order valence-electron chi connectivity index (χ4n) is 2.19. The van der Waals surface area contributed by atoms with Crippen LogP contribution in [0.2, 0.25) is 5.02 Å². The Balaban J connectivity index is 2.12. The average molecular weight is 319 g/mol. The smallest absolute Gasteiger partial charge is 0.240 e. The highest BCUT2D eigenvalue weighted by Crippen LogP contribution is 2.34. The lowest BCUT2D eigenvalue weighted by atomic mass is 9.80. The second kappa shape index (κ2) is 5.99. The maximum absolute atomic E-state index is 12.2. The topological polar surface area (TPSA) is 81.4 Å². The standard InChI is InChI=1S/C13H19ClN2O3S/c1-19-13(5-2-6-13)9-16-20(17,18)11-4-3-10(8-15)12(14)7-11/h3-4,7,16H,2,5-6,8-9,15H2,1H3. The van der Waals surface area contributed by atoms with Gasteiger partial charge in [-0.25, -0.2) is 13.1 Å². The summed E-state index contributed by atoms with van der Waals surface area (Å²) in [6.45, 7) is 0.557. The van der Waals surface area contributed by atoms with Gasteiger partial charge < -0.3 is 10.5 Å². The van der Waals surface area contributed by atoms with Crippen molar-refractivity contribution in [2.75, 3.05) is 13.7 Å². The number of rotatable bonds is 6. The van der Waals surface area contributed by atoms with E-state index in [9.17, 15) is 8.42 Å². The number of benzene rings is 1. The molecule has 1 aromatic carbocycles. The second-order valence-corrected chi connectivity index (χ2v) is 7.20. The van der Waals surface area contributed by atoms with Gasteiger partial charge in [-0.05, 0) is 37.0 Å². The highest BCUT2D eigenvalue weighted by atomic mass is 35.5. The van der Waals surface area contributed by atoms with Gasteiger partial charge in [0.05, 0.1) is 10.5 Å². The molecule has 112 valence electrons. The summed E-state index contributed by atoms with van der Waals surface area (Å²) in [5.74, 6) is 0. The molecular weight excluding hydrogens is 300 g/mol. The van der Waals surface area contributed by atoms with E-state index in [0.717, 1.165) is 24.8 Å². The number of nitrogens with one attached hydrogen (secondary N) is 1. The molecule has 5 nitrogen and oxygen atoms in total. The van der Waals surface area contributed by atoms with Crippen LogP contribution >= 0.6 is 11.6 Å². The van der Waals surface area contributed by atoms with Crippen LogP contribution < -0.4 is 10.5 Å². The largest absolute Gasteiger partial charge is 0.377 e. The molecule has 1 fully saturated rings. The summed E-state index contributed by atoms with van der Waals surface area (Å²) in [4.78, 5) is 0.144. The molecule has 0 radical (unpaired) electrons. The van der Waals surface area contributed by atoms with Crippen molar-refractivity contribution in [1.29, 1.82) is 0 Å². The predicted molar refractivity (Wildman–Crippen MR) is 78.1 cm³/mol. The molecule has 0 atom stereocenters. The SMILES string of the molecule is COC1(CNS(=O)(=O)c2ccc(CN)c(Cl)c2)CCC1. The lowest BCUT2D eigenvalue weighted by Crippen LogP contribution is -2.49. The van der Waals surface area contributed by atoms with E-state index in [1.54, 1.807) is 13.2 Å². The molecule has 0 saturated heterocycles. The minimum atomic E-state index is -3.58. The molecule has 7 heteroatoms. The van der Waals surface area contributed by atoms with Gasteiger partial charge in [-0.15, -0.1) is 0 Å². The van der Waals surface area contributed by atoms with E-state index in [1.165, 1.54) is 12.1 Å². The Hall–Kier alpha value is -0.660. The number of nitrogens with two attached hydrogens (primary N) is 1. The van der Waals surface area contributed by atoms with Crippen LogP contribution in [0.4, 0.5) is 0 Å². The highest BCUT2D eigenvalue weighted by molar-refractivity contribution is 7.89. The molecule has 1 aliphatic rings. The minimum absolute atomic E-state index is 0.144. The number of methoxy groups -OCH3 is 1. The Labute approximate surface area is 124 Å². The number of sulfonamides is 1. The van der Waals surface area contributed by atoms with Crippen LogP contribution in [-0.2, 0) is 21.3 Å². The van der Waals surface area contributed by atoms with Crippen molar-refractivity contribution < 1.29 is 13.2 Å². The molecule has 0 amide bonds. The van der Waals surface area contributed by atoms with Gasteiger partial charge in [0.1, 0.15) is 0 Å². The third-order valence-electron chi connectivity index (χ3n) is 3.84. The molecule has 0 bridgehead atoms. The lowest BCUT2D eigenvalue weighted by molar-refractivity contribution is -0.0659. The molecule has 1 saturated carbocycles. The zero-order valence-corrected chi connectivity index (χ0v) is 12.9. The minimum Gasteiger partial charge on any atom is -0.377 e. The summed E-state index contributed by atoms with van der Waals surface area (Å²) in [6.07, 6.45) is 2.81. The summed E-state index contributed by atoms with van der Waals surface area (Å²) in [5, 5.41) is 0.362. The quantitative estimate of drug-likeness (QED) is 0.835. The van der Waals surface area contributed by atoms with Gasteiger partial charge in [0.25, 0.3) is 0 Å². The summed E-state index contributed by atoms with van der Waals surface area (Å²) < 4.78 is 32.4. The van der Waals surface area contributed by atoms with Crippen molar-refractivity contribution in [1.82, 2.24) is 4.72 Å².